The standard InChI is InChI=1S/C38H40FN5O6/c1-48-33-19-26(20-34(49-2)36(33)50-3)37(46)40-30-18-25(38(47)42-15-13-41(14-16-42)29-10-8-28(39)9-11-29)7-12-32(30)43-21-24-17-27(23-43)31-5-4-6-35(45)44(31)22-24/h4-12,18-20,24,27H,13-17,21-23H2,1-3H3,(H,40,46). The van der Waals surface area contributed by atoms with Gasteiger partial charge in [0.15, 0.2) is 11.5 Å². The molecule has 2 atom stereocenters. The first-order chi connectivity index (χ1) is 24.3. The van der Waals surface area contributed by atoms with E-state index in [9.17, 15) is 18.8 Å². The Bertz CT molecular complexity index is 1950. The van der Waals surface area contributed by atoms with Gasteiger partial charge in [0.25, 0.3) is 17.4 Å². The third-order valence-corrected chi connectivity index (χ3v) is 10.00. The van der Waals surface area contributed by atoms with Gasteiger partial charge in [0.1, 0.15) is 5.82 Å². The number of carbonyl (C=O) groups is 2. The molecular weight excluding hydrogens is 641 g/mol. The summed E-state index contributed by atoms with van der Waals surface area (Å²) < 4.78 is 31.8. The van der Waals surface area contributed by atoms with Crippen LogP contribution >= 0.6 is 0 Å². The average Bonchev–Trinajstić information content (AvgIpc) is 3.14. The number of aromatic nitrogens is 1. The second-order valence-corrected chi connectivity index (χ2v) is 13.0. The predicted molar refractivity (Wildman–Crippen MR) is 189 cm³/mol. The lowest BCUT2D eigenvalue weighted by Gasteiger charge is -2.44. The Morgan fingerprint density at radius 1 is 0.780 bits per heavy atom. The van der Waals surface area contributed by atoms with Crippen LogP contribution in [-0.2, 0) is 6.54 Å². The Kier molecular flexibility index (Phi) is 9.09. The highest BCUT2D eigenvalue weighted by atomic mass is 19.1. The first-order valence-electron chi connectivity index (χ1n) is 16.8. The van der Waals surface area contributed by atoms with Crippen molar-refractivity contribution in [3.8, 4) is 17.2 Å². The number of fused-ring (bicyclic) bond motifs is 4. The van der Waals surface area contributed by atoms with Crippen molar-refractivity contribution < 1.29 is 28.2 Å². The van der Waals surface area contributed by atoms with Crippen LogP contribution in [0.15, 0.2) is 77.6 Å². The maximum Gasteiger partial charge on any atom is 0.255 e. The van der Waals surface area contributed by atoms with Crippen LogP contribution in [0, 0.1) is 11.7 Å². The van der Waals surface area contributed by atoms with Gasteiger partial charge in [-0.05, 0) is 73.0 Å². The molecule has 2 amide bonds. The lowest BCUT2D eigenvalue weighted by atomic mass is 9.83. The summed E-state index contributed by atoms with van der Waals surface area (Å²) in [6.45, 7) is 4.21. The topological polar surface area (TPSA) is 106 Å². The fourth-order valence-corrected chi connectivity index (χ4v) is 7.55. The molecule has 3 aliphatic rings. The minimum Gasteiger partial charge on any atom is -0.493 e. The van der Waals surface area contributed by atoms with E-state index >= 15 is 0 Å². The number of halogens is 1. The molecule has 2 saturated heterocycles. The van der Waals surface area contributed by atoms with Gasteiger partial charge in [-0.2, -0.15) is 0 Å². The number of rotatable bonds is 8. The number of nitrogens with one attached hydrogen (secondary N) is 1. The number of piperazine rings is 1. The second-order valence-electron chi connectivity index (χ2n) is 13.0. The van der Waals surface area contributed by atoms with E-state index in [2.05, 4.69) is 15.1 Å². The Morgan fingerprint density at radius 2 is 1.50 bits per heavy atom. The molecule has 0 aliphatic carbocycles. The van der Waals surface area contributed by atoms with Crippen molar-refractivity contribution in [1.29, 1.82) is 0 Å². The molecule has 260 valence electrons. The highest BCUT2D eigenvalue weighted by Gasteiger charge is 2.36. The number of benzene rings is 3. The largest absolute Gasteiger partial charge is 0.493 e. The summed E-state index contributed by atoms with van der Waals surface area (Å²) in [5, 5.41) is 3.09. The van der Waals surface area contributed by atoms with Crippen LogP contribution in [0.2, 0.25) is 0 Å². The Morgan fingerprint density at radius 3 is 2.18 bits per heavy atom. The maximum atomic E-state index is 13.9. The smallest absolute Gasteiger partial charge is 0.255 e. The van der Waals surface area contributed by atoms with E-state index in [-0.39, 0.29) is 29.1 Å². The Hall–Kier alpha value is -5.52. The third-order valence-electron chi connectivity index (χ3n) is 10.00. The van der Waals surface area contributed by atoms with E-state index < -0.39 is 5.91 Å². The number of hydrogen-bond donors (Lipinski definition) is 1. The van der Waals surface area contributed by atoms with Crippen molar-refractivity contribution in [2.75, 3.05) is 75.7 Å². The summed E-state index contributed by atoms with van der Waals surface area (Å²) in [7, 11) is 4.48. The van der Waals surface area contributed by atoms with Crippen LogP contribution in [0.3, 0.4) is 0 Å². The maximum absolute atomic E-state index is 13.9. The molecule has 1 N–H and O–H groups in total. The van der Waals surface area contributed by atoms with E-state index in [1.54, 1.807) is 41.3 Å². The molecular formula is C38H40FN5O6. The van der Waals surface area contributed by atoms with Crippen LogP contribution in [0.5, 0.6) is 17.2 Å². The first kappa shape index (κ1) is 33.0. The fourth-order valence-electron chi connectivity index (χ4n) is 7.55. The number of piperidine rings is 1. The van der Waals surface area contributed by atoms with Gasteiger partial charge >= 0.3 is 0 Å². The fraction of sp³-hybridized carbons (Fsp3) is 0.342. The zero-order valence-corrected chi connectivity index (χ0v) is 28.4. The molecule has 2 bridgehead atoms. The molecule has 3 aliphatic heterocycles. The van der Waals surface area contributed by atoms with Crippen LogP contribution < -0.4 is 34.9 Å². The summed E-state index contributed by atoms with van der Waals surface area (Å²) in [4.78, 5) is 46.7. The van der Waals surface area contributed by atoms with E-state index in [4.69, 9.17) is 14.2 Å². The van der Waals surface area contributed by atoms with Gasteiger partial charge in [0, 0.05) is 80.3 Å². The number of pyridine rings is 1. The highest BCUT2D eigenvalue weighted by Crippen LogP contribution is 2.41. The molecule has 2 fully saturated rings. The van der Waals surface area contributed by atoms with E-state index in [1.807, 2.05) is 28.8 Å². The lowest BCUT2D eigenvalue weighted by Crippen LogP contribution is -2.49. The zero-order chi connectivity index (χ0) is 34.9. The third kappa shape index (κ3) is 6.33. The summed E-state index contributed by atoms with van der Waals surface area (Å²) in [5.74, 6) is 0.634. The minimum absolute atomic E-state index is 0.0188. The van der Waals surface area contributed by atoms with Gasteiger partial charge in [-0.15, -0.1) is 0 Å². The average molecular weight is 682 g/mol. The van der Waals surface area contributed by atoms with Gasteiger partial charge in [0.2, 0.25) is 5.75 Å². The number of methoxy groups -OCH3 is 3. The van der Waals surface area contributed by atoms with Gasteiger partial charge in [0.05, 0.1) is 32.7 Å². The number of ether oxygens (including phenoxy) is 3. The van der Waals surface area contributed by atoms with Crippen LogP contribution in [0.1, 0.15) is 38.7 Å². The number of hydrogen-bond acceptors (Lipinski definition) is 8. The van der Waals surface area contributed by atoms with Crippen molar-refractivity contribution in [2.24, 2.45) is 5.92 Å². The summed E-state index contributed by atoms with van der Waals surface area (Å²) >= 11 is 0. The number of anilines is 3. The van der Waals surface area contributed by atoms with E-state index in [0.717, 1.165) is 23.5 Å². The van der Waals surface area contributed by atoms with Gasteiger partial charge < -0.3 is 38.8 Å². The lowest BCUT2D eigenvalue weighted by molar-refractivity contribution is 0.0746. The zero-order valence-electron chi connectivity index (χ0n) is 28.4. The Balaban J connectivity index is 1.18. The summed E-state index contributed by atoms with van der Waals surface area (Å²) in [6, 6.07) is 20.5. The van der Waals surface area contributed by atoms with Gasteiger partial charge in [-0.25, -0.2) is 4.39 Å². The van der Waals surface area contributed by atoms with Crippen molar-refractivity contribution in [3.05, 3.63) is 106 Å². The van der Waals surface area contributed by atoms with Crippen LogP contribution in [-0.4, -0.2) is 81.9 Å². The van der Waals surface area contributed by atoms with Crippen molar-refractivity contribution in [2.45, 2.75) is 18.9 Å². The normalized spacial score (nSPS) is 18.3. The summed E-state index contributed by atoms with van der Waals surface area (Å²) in [5.41, 5.74) is 4.01. The molecule has 50 heavy (non-hydrogen) atoms. The number of carbonyl (C=O) groups excluding carboxylic acids is 2. The van der Waals surface area contributed by atoms with Crippen molar-refractivity contribution >= 4 is 28.9 Å². The number of amides is 2. The molecule has 12 heteroatoms. The first-order valence-corrected chi connectivity index (χ1v) is 16.8. The molecule has 3 aromatic carbocycles. The molecule has 7 rings (SSSR count). The van der Waals surface area contributed by atoms with Crippen LogP contribution in [0.4, 0.5) is 21.5 Å². The predicted octanol–water partition coefficient (Wildman–Crippen LogP) is 4.85. The van der Waals surface area contributed by atoms with Crippen molar-refractivity contribution in [1.82, 2.24) is 9.47 Å². The van der Waals surface area contributed by atoms with Gasteiger partial charge in [-0.3, -0.25) is 14.4 Å². The molecule has 0 radical (unpaired) electrons. The molecule has 2 unspecified atom stereocenters. The molecule has 4 aromatic rings. The quantitative estimate of drug-likeness (QED) is 0.282. The molecule has 0 saturated carbocycles. The second kappa shape index (κ2) is 13.8. The Labute approximate surface area is 289 Å². The molecule has 1 aromatic heterocycles. The van der Waals surface area contributed by atoms with E-state index in [1.165, 1.54) is 33.5 Å². The van der Waals surface area contributed by atoms with Crippen molar-refractivity contribution in [3.63, 3.8) is 0 Å². The minimum atomic E-state index is -0.405. The SMILES string of the molecule is COc1cc(C(=O)Nc2cc(C(=O)N3CCN(c4ccc(F)cc4)CC3)ccc2N2CC3CC(C2)c2cccc(=O)n2C3)cc(OC)c1OC. The number of nitrogens with zero attached hydrogens (tertiary/aromatic N) is 4. The van der Waals surface area contributed by atoms with Crippen LogP contribution in [0.25, 0.3) is 0 Å². The van der Waals surface area contributed by atoms with E-state index in [0.29, 0.717) is 79.9 Å². The monoisotopic (exact) mass is 681 g/mol. The summed E-state index contributed by atoms with van der Waals surface area (Å²) in [6.07, 6.45) is 0.980. The highest BCUT2D eigenvalue weighted by molar-refractivity contribution is 6.08. The molecule has 4 heterocycles. The van der Waals surface area contributed by atoms with Gasteiger partial charge in [-0.1, -0.05) is 6.07 Å². The molecule has 0 spiro atoms. The molecule has 11 nitrogen and oxygen atoms in total.